The number of hydrogen-bond donors (Lipinski definition) is 1. The van der Waals surface area contributed by atoms with Crippen molar-refractivity contribution < 1.29 is 18.6 Å². The van der Waals surface area contributed by atoms with E-state index >= 15 is 0 Å². The van der Waals surface area contributed by atoms with Crippen LogP contribution in [0.3, 0.4) is 0 Å². The van der Waals surface area contributed by atoms with Gasteiger partial charge in [0.1, 0.15) is 0 Å². The Morgan fingerprint density at radius 3 is 1.26 bits per heavy atom. The third-order valence-corrected chi connectivity index (χ3v) is 6.39. The summed E-state index contributed by atoms with van der Waals surface area (Å²) in [7, 11) is -1.17. The molecule has 3 aromatic rings. The standard InChI is InChI=1S/C12H11OP.C10H15.2BrH.Ir/c13-14(11-7-3-1-4-8-11)12-9-5-2-6-10-12;1-6-7(2)9(4)10(5)8(6)3;;;/h1-10,13H;1-5H3;2*1H;/q;-1;;;+3/p-2. The Kier molecular flexibility index (Phi) is 12.0. The van der Waals surface area contributed by atoms with Gasteiger partial charge >= 0.3 is 40.7 Å². The molecule has 0 spiro atoms. The van der Waals surface area contributed by atoms with Gasteiger partial charge < -0.3 is 4.89 Å². The molecule has 0 radical (unpaired) electrons. The molecular formula is C22H26Br2IrOP. The van der Waals surface area contributed by atoms with Crippen LogP contribution in [0.1, 0.15) is 27.8 Å². The Bertz CT molecular complexity index is 684. The van der Waals surface area contributed by atoms with Crippen molar-refractivity contribution in [3.05, 3.63) is 88.5 Å². The molecule has 0 saturated heterocycles. The van der Waals surface area contributed by atoms with E-state index in [2.05, 4.69) is 61.6 Å². The third-order valence-electron chi connectivity index (χ3n) is 4.81. The van der Waals surface area contributed by atoms with Crippen LogP contribution in [-0.2, 0) is 13.7 Å². The van der Waals surface area contributed by atoms with Crippen molar-refractivity contribution in [3.63, 3.8) is 0 Å². The first kappa shape index (κ1) is 24.8. The molecule has 0 saturated carbocycles. The third kappa shape index (κ3) is 7.61. The Hall–Kier alpha value is -0.211. The topological polar surface area (TPSA) is 20.2 Å². The van der Waals surface area contributed by atoms with E-state index in [1.807, 2.05) is 60.7 Å². The molecule has 1 nitrogen and oxygen atoms in total. The predicted molar refractivity (Wildman–Crippen MR) is 125 cm³/mol. The summed E-state index contributed by atoms with van der Waals surface area (Å²) in [5, 5.41) is 1.99. The average Bonchev–Trinajstić information content (AvgIpc) is 2.87. The van der Waals surface area contributed by atoms with Crippen LogP contribution in [0.15, 0.2) is 60.7 Å². The van der Waals surface area contributed by atoms with Gasteiger partial charge in [-0.1, -0.05) is 95.3 Å². The van der Waals surface area contributed by atoms with E-state index in [9.17, 15) is 4.89 Å². The Morgan fingerprint density at radius 2 is 1.04 bits per heavy atom. The van der Waals surface area contributed by atoms with Gasteiger partial charge in [-0.25, -0.2) is 0 Å². The van der Waals surface area contributed by atoms with Crippen LogP contribution in [0, 0.1) is 34.6 Å². The number of halogens is 2. The van der Waals surface area contributed by atoms with E-state index in [-0.39, 0.29) is 13.7 Å². The minimum absolute atomic E-state index is 0.125. The monoisotopic (exact) mass is 688 g/mol. The summed E-state index contributed by atoms with van der Waals surface area (Å²) in [6.07, 6.45) is 0. The van der Waals surface area contributed by atoms with E-state index in [0.717, 1.165) is 10.6 Å². The first-order chi connectivity index (χ1) is 12.8. The van der Waals surface area contributed by atoms with Gasteiger partial charge in [-0.05, 0) is 0 Å². The van der Waals surface area contributed by atoms with Crippen molar-refractivity contribution in [2.24, 2.45) is 0 Å². The summed E-state index contributed by atoms with van der Waals surface area (Å²) < 4.78 is 0. The van der Waals surface area contributed by atoms with Crippen molar-refractivity contribution in [1.29, 1.82) is 0 Å². The molecule has 0 unspecified atom stereocenters. The molecule has 0 heterocycles. The molecule has 0 aliphatic carbocycles. The molecule has 0 atom stereocenters. The molecular weight excluding hydrogens is 663 g/mol. The van der Waals surface area contributed by atoms with E-state index in [0.29, 0.717) is 0 Å². The van der Waals surface area contributed by atoms with Crippen molar-refractivity contribution in [1.82, 2.24) is 0 Å². The second kappa shape index (κ2) is 13.1. The normalized spacial score (nSPS) is 10.1. The van der Waals surface area contributed by atoms with Crippen molar-refractivity contribution in [2.75, 3.05) is 0 Å². The van der Waals surface area contributed by atoms with Crippen LogP contribution >= 0.6 is 35.1 Å². The van der Waals surface area contributed by atoms with Gasteiger partial charge in [-0.15, -0.1) is 0 Å². The molecule has 0 amide bonds. The molecule has 0 aliphatic heterocycles. The molecule has 1 N–H and O–H groups in total. The maximum atomic E-state index is 10.1. The van der Waals surface area contributed by atoms with Crippen molar-refractivity contribution in [3.8, 4) is 0 Å². The molecule has 0 aliphatic rings. The summed E-state index contributed by atoms with van der Waals surface area (Å²) >= 11 is 6.50. The van der Waals surface area contributed by atoms with Gasteiger partial charge in [0.05, 0.1) is 8.15 Å². The first-order valence-corrected chi connectivity index (χ1v) is 20.2. The predicted octanol–water partition coefficient (Wildman–Crippen LogP) is 6.66. The zero-order valence-electron chi connectivity index (χ0n) is 16.3. The average molecular weight is 689 g/mol. The minimum atomic E-state index is -1.17. The summed E-state index contributed by atoms with van der Waals surface area (Å²) in [6, 6.07) is 19.5. The van der Waals surface area contributed by atoms with Gasteiger partial charge in [-0.3, -0.25) is 0 Å². The fourth-order valence-corrected chi connectivity index (χ4v) is 3.90. The van der Waals surface area contributed by atoms with Crippen LogP contribution in [0.2, 0.25) is 0 Å². The van der Waals surface area contributed by atoms with Gasteiger partial charge in [0.2, 0.25) is 0 Å². The van der Waals surface area contributed by atoms with E-state index in [4.69, 9.17) is 0 Å². The maximum absolute atomic E-state index is 10.1. The van der Waals surface area contributed by atoms with Gasteiger partial charge in [0.25, 0.3) is 0 Å². The second-order valence-corrected chi connectivity index (χ2v) is 18.3. The number of benzene rings is 2. The Morgan fingerprint density at radius 1 is 0.741 bits per heavy atom. The van der Waals surface area contributed by atoms with E-state index in [1.54, 1.807) is 0 Å². The number of hydrogen-bond acceptors (Lipinski definition) is 1. The molecule has 0 bridgehead atoms. The molecule has 5 heteroatoms. The zero-order valence-corrected chi connectivity index (χ0v) is 22.7. The van der Waals surface area contributed by atoms with Crippen LogP contribution in [-0.4, -0.2) is 4.89 Å². The quantitative estimate of drug-likeness (QED) is 0.236. The van der Waals surface area contributed by atoms with Gasteiger partial charge in [0.15, 0.2) is 0 Å². The molecule has 0 aromatic heterocycles. The van der Waals surface area contributed by atoms with Crippen LogP contribution in [0.25, 0.3) is 0 Å². The first-order valence-electron chi connectivity index (χ1n) is 8.47. The fourth-order valence-electron chi connectivity index (χ4n) is 2.69. The van der Waals surface area contributed by atoms with E-state index < -0.39 is 8.15 Å². The van der Waals surface area contributed by atoms with Crippen LogP contribution in [0.5, 0.6) is 0 Å². The van der Waals surface area contributed by atoms with Gasteiger partial charge in [-0.2, -0.15) is 27.8 Å². The molecule has 3 aromatic carbocycles. The molecule has 148 valence electrons. The second-order valence-electron chi connectivity index (χ2n) is 6.16. The zero-order chi connectivity index (χ0) is 20.4. The molecule has 3 rings (SSSR count). The fraction of sp³-hybridized carbons (Fsp3) is 0.227. The van der Waals surface area contributed by atoms with Crippen LogP contribution in [0.4, 0.5) is 0 Å². The van der Waals surface area contributed by atoms with Crippen molar-refractivity contribution in [2.45, 2.75) is 34.6 Å². The number of rotatable bonds is 2. The van der Waals surface area contributed by atoms with E-state index in [1.165, 1.54) is 27.8 Å². The summed E-state index contributed by atoms with van der Waals surface area (Å²) in [5.41, 5.74) is 7.34. The summed E-state index contributed by atoms with van der Waals surface area (Å²) in [5.74, 6) is 0. The summed E-state index contributed by atoms with van der Waals surface area (Å²) in [4.78, 5) is 10.1. The SMILES string of the molecule is Cc1c(C)c(C)[c-](C)c1C.OP(c1ccccc1)c1ccccc1.[Br][Ir+][Br]. The van der Waals surface area contributed by atoms with Crippen molar-refractivity contribution >= 4 is 45.7 Å². The molecule has 27 heavy (non-hydrogen) atoms. The Balaban J connectivity index is 0.000000246. The van der Waals surface area contributed by atoms with Crippen LogP contribution < -0.4 is 10.6 Å². The van der Waals surface area contributed by atoms with Gasteiger partial charge in [0, 0.05) is 10.6 Å². The molecule has 0 fully saturated rings. The Labute approximate surface area is 186 Å². The summed E-state index contributed by atoms with van der Waals surface area (Å²) in [6.45, 7) is 11.0.